The van der Waals surface area contributed by atoms with Crippen molar-refractivity contribution in [1.82, 2.24) is 0 Å². The summed E-state index contributed by atoms with van der Waals surface area (Å²) in [5.74, 6) is 0. The van der Waals surface area contributed by atoms with E-state index in [2.05, 4.69) is 35.1 Å². The van der Waals surface area contributed by atoms with Crippen LogP contribution in [0.3, 0.4) is 0 Å². The summed E-state index contributed by atoms with van der Waals surface area (Å²) in [7, 11) is 0. The van der Waals surface area contributed by atoms with Crippen LogP contribution in [0, 0.1) is 0 Å². The summed E-state index contributed by atoms with van der Waals surface area (Å²) < 4.78 is 6.57. The molecule has 0 amide bonds. The summed E-state index contributed by atoms with van der Waals surface area (Å²) >= 11 is 9.41. The van der Waals surface area contributed by atoms with E-state index in [1.165, 1.54) is 0 Å². The van der Waals surface area contributed by atoms with Crippen LogP contribution < -0.4 is 5.32 Å². The minimum Gasteiger partial charge on any atom is -0.394 e. The van der Waals surface area contributed by atoms with Crippen molar-refractivity contribution in [2.24, 2.45) is 0 Å². The molecule has 0 aliphatic carbocycles. The van der Waals surface area contributed by atoms with E-state index >= 15 is 0 Å². The number of aliphatic hydroxyl groups excluding tert-OH is 1. The summed E-state index contributed by atoms with van der Waals surface area (Å²) in [5.41, 5.74) is 0.384. The highest BCUT2D eigenvalue weighted by Gasteiger charge is 2.40. The Balaban J connectivity index is 2.20. The summed E-state index contributed by atoms with van der Waals surface area (Å²) in [6, 6.07) is 5.69. The van der Waals surface area contributed by atoms with Crippen LogP contribution in [0.25, 0.3) is 0 Å². The molecule has 106 valence electrons. The molecule has 3 nitrogen and oxygen atoms in total. The van der Waals surface area contributed by atoms with E-state index in [0.29, 0.717) is 11.6 Å². The van der Waals surface area contributed by atoms with Gasteiger partial charge in [0.05, 0.1) is 22.8 Å². The molecule has 1 aromatic carbocycles. The molecule has 1 aromatic rings. The zero-order valence-electron chi connectivity index (χ0n) is 11.2. The lowest BCUT2D eigenvalue weighted by atomic mass is 9.81. The molecule has 0 saturated carbocycles. The van der Waals surface area contributed by atoms with Gasteiger partial charge in [0.1, 0.15) is 0 Å². The molecule has 1 atom stereocenters. The SMILES string of the molecule is CC1(C)CC(CO)(Nc2ccc(Cl)c(Br)c2)CCO1. The Hall–Kier alpha value is -0.290. The lowest BCUT2D eigenvalue weighted by Gasteiger charge is -2.45. The molecule has 0 spiro atoms. The van der Waals surface area contributed by atoms with E-state index in [1.807, 2.05) is 18.2 Å². The van der Waals surface area contributed by atoms with Gasteiger partial charge in [0.25, 0.3) is 0 Å². The average molecular weight is 349 g/mol. The minimum absolute atomic E-state index is 0.0834. The molecule has 1 saturated heterocycles. The van der Waals surface area contributed by atoms with E-state index in [1.54, 1.807) is 0 Å². The fourth-order valence-electron chi connectivity index (χ4n) is 2.64. The second-order valence-corrected chi connectivity index (χ2v) is 6.99. The number of benzene rings is 1. The van der Waals surface area contributed by atoms with Crippen LogP contribution in [-0.4, -0.2) is 29.5 Å². The number of nitrogens with one attached hydrogen (secondary N) is 1. The van der Waals surface area contributed by atoms with Gasteiger partial charge in [0.15, 0.2) is 0 Å². The van der Waals surface area contributed by atoms with Gasteiger partial charge < -0.3 is 15.2 Å². The Bertz CT molecular complexity index is 467. The molecule has 1 aliphatic heterocycles. The van der Waals surface area contributed by atoms with Crippen molar-refractivity contribution in [3.63, 3.8) is 0 Å². The third-order valence-electron chi connectivity index (χ3n) is 3.47. The molecule has 2 N–H and O–H groups in total. The second kappa shape index (κ2) is 5.60. The fourth-order valence-corrected chi connectivity index (χ4v) is 3.13. The molecule has 0 aromatic heterocycles. The van der Waals surface area contributed by atoms with Gasteiger partial charge >= 0.3 is 0 Å². The van der Waals surface area contributed by atoms with E-state index in [-0.39, 0.29) is 17.7 Å². The average Bonchev–Trinajstić information content (AvgIpc) is 2.33. The first-order valence-electron chi connectivity index (χ1n) is 6.34. The van der Waals surface area contributed by atoms with Gasteiger partial charge in [-0.15, -0.1) is 0 Å². The predicted molar refractivity (Wildman–Crippen MR) is 81.9 cm³/mol. The Labute approximate surface area is 127 Å². The highest BCUT2D eigenvalue weighted by Crippen LogP contribution is 2.35. The maximum absolute atomic E-state index is 9.80. The zero-order chi connectivity index (χ0) is 14.1. The van der Waals surface area contributed by atoms with Crippen LogP contribution in [-0.2, 0) is 4.74 Å². The molecule has 1 aliphatic rings. The Morgan fingerprint density at radius 1 is 1.47 bits per heavy atom. The number of hydrogen-bond donors (Lipinski definition) is 2. The molecular formula is C14H19BrClNO2. The number of anilines is 1. The summed E-state index contributed by atoms with van der Waals surface area (Å²) in [6.45, 7) is 4.83. The van der Waals surface area contributed by atoms with Crippen molar-refractivity contribution < 1.29 is 9.84 Å². The van der Waals surface area contributed by atoms with E-state index in [0.717, 1.165) is 23.0 Å². The molecule has 1 unspecified atom stereocenters. The van der Waals surface area contributed by atoms with Gasteiger partial charge in [-0.25, -0.2) is 0 Å². The van der Waals surface area contributed by atoms with Gasteiger partial charge in [-0.3, -0.25) is 0 Å². The normalized spacial score (nSPS) is 26.2. The van der Waals surface area contributed by atoms with E-state index < -0.39 is 0 Å². The van der Waals surface area contributed by atoms with Crippen molar-refractivity contribution in [3.8, 4) is 0 Å². The lowest BCUT2D eigenvalue weighted by molar-refractivity contribution is -0.0838. The Morgan fingerprint density at radius 2 is 2.21 bits per heavy atom. The van der Waals surface area contributed by atoms with Gasteiger partial charge in [-0.05, 0) is 54.4 Å². The van der Waals surface area contributed by atoms with Gasteiger partial charge in [-0.1, -0.05) is 11.6 Å². The maximum Gasteiger partial charge on any atom is 0.0663 e. The van der Waals surface area contributed by atoms with Gasteiger partial charge in [0, 0.05) is 23.2 Å². The maximum atomic E-state index is 9.80. The molecule has 1 heterocycles. The van der Waals surface area contributed by atoms with Crippen molar-refractivity contribution in [2.75, 3.05) is 18.5 Å². The summed E-state index contributed by atoms with van der Waals surface area (Å²) in [5, 5.41) is 13.9. The van der Waals surface area contributed by atoms with Crippen LogP contribution in [0.1, 0.15) is 26.7 Å². The monoisotopic (exact) mass is 347 g/mol. The standard InChI is InChI=1S/C14H19BrClNO2/c1-13(2)8-14(9-18,5-6-19-13)17-10-3-4-12(16)11(15)7-10/h3-4,7,17-18H,5-6,8-9H2,1-2H3. The zero-order valence-corrected chi connectivity index (χ0v) is 13.5. The predicted octanol–water partition coefficient (Wildman–Crippen LogP) is 3.83. The second-order valence-electron chi connectivity index (χ2n) is 5.73. The minimum atomic E-state index is -0.338. The first-order chi connectivity index (χ1) is 8.86. The van der Waals surface area contributed by atoms with Crippen LogP contribution in [0.2, 0.25) is 5.02 Å². The Kier molecular flexibility index (Phi) is 4.45. The number of ether oxygens (including phenoxy) is 1. The molecule has 0 radical (unpaired) electrons. The molecule has 2 rings (SSSR count). The third kappa shape index (κ3) is 3.63. The molecule has 5 heteroatoms. The topological polar surface area (TPSA) is 41.5 Å². The largest absolute Gasteiger partial charge is 0.394 e. The third-order valence-corrected chi connectivity index (χ3v) is 4.68. The van der Waals surface area contributed by atoms with E-state index in [4.69, 9.17) is 16.3 Å². The smallest absolute Gasteiger partial charge is 0.0663 e. The van der Waals surface area contributed by atoms with Crippen LogP contribution >= 0.6 is 27.5 Å². The number of rotatable bonds is 3. The van der Waals surface area contributed by atoms with Crippen molar-refractivity contribution in [2.45, 2.75) is 37.8 Å². The van der Waals surface area contributed by atoms with Crippen molar-refractivity contribution in [1.29, 1.82) is 0 Å². The molecular weight excluding hydrogens is 330 g/mol. The molecule has 0 bridgehead atoms. The summed E-state index contributed by atoms with van der Waals surface area (Å²) in [4.78, 5) is 0. The van der Waals surface area contributed by atoms with Gasteiger partial charge in [-0.2, -0.15) is 0 Å². The fraction of sp³-hybridized carbons (Fsp3) is 0.571. The molecule has 19 heavy (non-hydrogen) atoms. The first kappa shape index (κ1) is 15.1. The summed E-state index contributed by atoms with van der Waals surface area (Å²) in [6.07, 6.45) is 1.55. The highest BCUT2D eigenvalue weighted by atomic mass is 79.9. The first-order valence-corrected chi connectivity index (χ1v) is 7.51. The Morgan fingerprint density at radius 3 is 2.79 bits per heavy atom. The van der Waals surface area contributed by atoms with Crippen molar-refractivity contribution in [3.05, 3.63) is 27.7 Å². The van der Waals surface area contributed by atoms with Gasteiger partial charge in [0.2, 0.25) is 0 Å². The van der Waals surface area contributed by atoms with E-state index in [9.17, 15) is 5.11 Å². The highest BCUT2D eigenvalue weighted by molar-refractivity contribution is 9.10. The van der Waals surface area contributed by atoms with Crippen molar-refractivity contribution >= 4 is 33.2 Å². The van der Waals surface area contributed by atoms with Crippen LogP contribution in [0.15, 0.2) is 22.7 Å². The molecule has 1 fully saturated rings. The number of halogens is 2. The van der Waals surface area contributed by atoms with Crippen LogP contribution in [0.4, 0.5) is 5.69 Å². The quantitative estimate of drug-likeness (QED) is 0.872. The number of aliphatic hydroxyl groups is 1. The number of hydrogen-bond acceptors (Lipinski definition) is 3. The van der Waals surface area contributed by atoms with Crippen LogP contribution in [0.5, 0.6) is 0 Å². The lowest BCUT2D eigenvalue weighted by Crippen LogP contribution is -2.53.